The van der Waals surface area contributed by atoms with E-state index in [1.165, 1.54) is 0 Å². The molecule has 0 saturated carbocycles. The molecule has 0 spiro atoms. The van der Waals surface area contributed by atoms with Crippen LogP contribution in [0.1, 0.15) is 36.2 Å². The van der Waals surface area contributed by atoms with Crippen LogP contribution in [0.3, 0.4) is 0 Å². The molecule has 3 nitrogen and oxygen atoms in total. The molecule has 0 aliphatic rings. The minimum atomic E-state index is -0.0316. The number of amides is 1. The first-order valence-electron chi connectivity index (χ1n) is 5.92. The fourth-order valence-corrected chi connectivity index (χ4v) is 2.17. The standard InChI is InChI=1S/C14H17BrN2O/c1-10(2)17(9-5-8-16)14(18)12-7-4-6-11(3)13(12)15/h4,6-7,10H,5,9H2,1-3H3. The molecule has 0 heterocycles. The quantitative estimate of drug-likeness (QED) is 0.854. The van der Waals surface area contributed by atoms with Gasteiger partial charge in [0.05, 0.1) is 18.1 Å². The summed E-state index contributed by atoms with van der Waals surface area (Å²) in [6, 6.07) is 7.79. The molecule has 0 radical (unpaired) electrons. The Morgan fingerprint density at radius 1 is 1.50 bits per heavy atom. The molecule has 0 N–H and O–H groups in total. The lowest BCUT2D eigenvalue weighted by Crippen LogP contribution is -2.37. The van der Waals surface area contributed by atoms with Crippen LogP contribution in [0.2, 0.25) is 0 Å². The highest BCUT2D eigenvalue weighted by atomic mass is 79.9. The van der Waals surface area contributed by atoms with E-state index in [0.29, 0.717) is 18.5 Å². The van der Waals surface area contributed by atoms with Crippen LogP contribution in [-0.2, 0) is 0 Å². The van der Waals surface area contributed by atoms with Crippen molar-refractivity contribution >= 4 is 21.8 Å². The van der Waals surface area contributed by atoms with E-state index in [9.17, 15) is 4.79 Å². The summed E-state index contributed by atoms with van der Waals surface area (Å²) in [4.78, 5) is 14.2. The Labute approximate surface area is 117 Å². The summed E-state index contributed by atoms with van der Waals surface area (Å²) in [6.45, 7) is 6.33. The molecule has 0 bridgehead atoms. The Kier molecular flexibility index (Phi) is 5.36. The second kappa shape index (κ2) is 6.55. The third kappa shape index (κ3) is 3.33. The van der Waals surface area contributed by atoms with Gasteiger partial charge in [-0.1, -0.05) is 12.1 Å². The van der Waals surface area contributed by atoms with E-state index in [0.717, 1.165) is 10.0 Å². The highest BCUT2D eigenvalue weighted by Gasteiger charge is 2.20. The maximum absolute atomic E-state index is 12.5. The Hall–Kier alpha value is -1.34. The minimum Gasteiger partial charge on any atom is -0.335 e. The molecule has 1 amide bonds. The molecule has 0 aromatic heterocycles. The van der Waals surface area contributed by atoms with Crippen molar-refractivity contribution in [3.05, 3.63) is 33.8 Å². The first-order chi connectivity index (χ1) is 8.49. The van der Waals surface area contributed by atoms with Crippen molar-refractivity contribution in [3.63, 3.8) is 0 Å². The molecule has 1 aromatic carbocycles. The van der Waals surface area contributed by atoms with Crippen LogP contribution in [0, 0.1) is 18.3 Å². The van der Waals surface area contributed by atoms with Gasteiger partial charge in [0.1, 0.15) is 0 Å². The number of rotatable bonds is 4. The van der Waals surface area contributed by atoms with E-state index in [1.807, 2.05) is 32.9 Å². The zero-order valence-electron chi connectivity index (χ0n) is 10.9. The van der Waals surface area contributed by atoms with Crippen molar-refractivity contribution < 1.29 is 4.79 Å². The number of nitriles is 1. The Balaban J connectivity index is 3.03. The van der Waals surface area contributed by atoms with Gasteiger partial charge in [-0.3, -0.25) is 4.79 Å². The van der Waals surface area contributed by atoms with Crippen LogP contribution < -0.4 is 0 Å². The van der Waals surface area contributed by atoms with Gasteiger partial charge in [-0.15, -0.1) is 0 Å². The molecule has 4 heteroatoms. The predicted molar refractivity (Wildman–Crippen MR) is 75.3 cm³/mol. The molecule has 0 aliphatic carbocycles. The van der Waals surface area contributed by atoms with Crippen LogP contribution in [-0.4, -0.2) is 23.4 Å². The third-order valence-electron chi connectivity index (χ3n) is 2.77. The van der Waals surface area contributed by atoms with Crippen molar-refractivity contribution in [1.29, 1.82) is 5.26 Å². The van der Waals surface area contributed by atoms with Gasteiger partial charge in [0.25, 0.3) is 5.91 Å². The van der Waals surface area contributed by atoms with E-state index >= 15 is 0 Å². The molecule has 1 aromatic rings. The number of benzene rings is 1. The first-order valence-corrected chi connectivity index (χ1v) is 6.71. The van der Waals surface area contributed by atoms with Crippen LogP contribution in [0.25, 0.3) is 0 Å². The number of carbonyl (C=O) groups is 1. The monoisotopic (exact) mass is 308 g/mol. The summed E-state index contributed by atoms with van der Waals surface area (Å²) in [7, 11) is 0. The van der Waals surface area contributed by atoms with Gasteiger partial charge in [-0.05, 0) is 48.3 Å². The predicted octanol–water partition coefficient (Wildman–Crippen LogP) is 3.52. The minimum absolute atomic E-state index is 0.0316. The molecule has 0 fully saturated rings. The van der Waals surface area contributed by atoms with Gasteiger partial charge in [0, 0.05) is 17.1 Å². The Morgan fingerprint density at radius 3 is 2.72 bits per heavy atom. The normalized spacial score (nSPS) is 10.2. The van der Waals surface area contributed by atoms with Gasteiger partial charge in [0.15, 0.2) is 0 Å². The molecule has 0 atom stereocenters. The van der Waals surface area contributed by atoms with Crippen LogP contribution in [0.15, 0.2) is 22.7 Å². The van der Waals surface area contributed by atoms with Crippen LogP contribution >= 0.6 is 15.9 Å². The summed E-state index contributed by atoms with van der Waals surface area (Å²) in [6.07, 6.45) is 0.355. The highest BCUT2D eigenvalue weighted by Crippen LogP contribution is 2.23. The van der Waals surface area contributed by atoms with E-state index in [-0.39, 0.29) is 11.9 Å². The second-order valence-electron chi connectivity index (χ2n) is 4.44. The highest BCUT2D eigenvalue weighted by molar-refractivity contribution is 9.10. The Morgan fingerprint density at radius 2 is 2.17 bits per heavy atom. The van der Waals surface area contributed by atoms with Crippen molar-refractivity contribution in [3.8, 4) is 6.07 Å². The lowest BCUT2D eigenvalue weighted by atomic mass is 10.1. The molecule has 0 unspecified atom stereocenters. The molecule has 0 aliphatic heterocycles. The molecule has 0 saturated heterocycles. The van der Waals surface area contributed by atoms with E-state index in [4.69, 9.17) is 5.26 Å². The second-order valence-corrected chi connectivity index (χ2v) is 5.23. The number of halogens is 1. The SMILES string of the molecule is Cc1cccc(C(=O)N(CCC#N)C(C)C)c1Br. The third-order valence-corrected chi connectivity index (χ3v) is 3.82. The summed E-state index contributed by atoms with van der Waals surface area (Å²) < 4.78 is 0.831. The fraction of sp³-hybridized carbons (Fsp3) is 0.429. The largest absolute Gasteiger partial charge is 0.335 e. The maximum Gasteiger partial charge on any atom is 0.255 e. The van der Waals surface area contributed by atoms with E-state index in [2.05, 4.69) is 22.0 Å². The topological polar surface area (TPSA) is 44.1 Å². The lowest BCUT2D eigenvalue weighted by molar-refractivity contribution is 0.0709. The molecule has 96 valence electrons. The average Bonchev–Trinajstić information content (AvgIpc) is 2.32. The van der Waals surface area contributed by atoms with Crippen molar-refractivity contribution in [1.82, 2.24) is 4.90 Å². The zero-order chi connectivity index (χ0) is 13.7. The van der Waals surface area contributed by atoms with E-state index in [1.54, 1.807) is 11.0 Å². The van der Waals surface area contributed by atoms with Gasteiger partial charge in [0.2, 0.25) is 0 Å². The zero-order valence-corrected chi connectivity index (χ0v) is 12.5. The molecular formula is C14H17BrN2O. The van der Waals surface area contributed by atoms with Gasteiger partial charge < -0.3 is 4.90 Å². The van der Waals surface area contributed by atoms with Crippen LogP contribution in [0.4, 0.5) is 0 Å². The van der Waals surface area contributed by atoms with Crippen molar-refractivity contribution in [2.75, 3.05) is 6.54 Å². The number of hydrogen-bond donors (Lipinski definition) is 0. The number of carbonyl (C=O) groups excluding carboxylic acids is 1. The van der Waals surface area contributed by atoms with Crippen molar-refractivity contribution in [2.45, 2.75) is 33.2 Å². The average molecular weight is 309 g/mol. The molecule has 1 rings (SSSR count). The van der Waals surface area contributed by atoms with Gasteiger partial charge >= 0.3 is 0 Å². The first kappa shape index (κ1) is 14.7. The lowest BCUT2D eigenvalue weighted by Gasteiger charge is -2.26. The molecular weight excluding hydrogens is 292 g/mol. The van der Waals surface area contributed by atoms with Gasteiger partial charge in [-0.25, -0.2) is 0 Å². The van der Waals surface area contributed by atoms with E-state index < -0.39 is 0 Å². The number of nitrogens with zero attached hydrogens (tertiary/aromatic N) is 2. The number of aryl methyl sites for hydroxylation is 1. The summed E-state index contributed by atoms with van der Waals surface area (Å²) in [5, 5.41) is 8.65. The summed E-state index contributed by atoms with van der Waals surface area (Å²) in [5.41, 5.74) is 1.69. The fourth-order valence-electron chi connectivity index (χ4n) is 1.73. The van der Waals surface area contributed by atoms with Gasteiger partial charge in [-0.2, -0.15) is 5.26 Å². The summed E-state index contributed by atoms with van der Waals surface area (Å²) in [5.74, 6) is -0.0316. The number of hydrogen-bond acceptors (Lipinski definition) is 2. The Bertz CT molecular complexity index is 477. The van der Waals surface area contributed by atoms with Crippen molar-refractivity contribution in [2.24, 2.45) is 0 Å². The van der Waals surface area contributed by atoms with Crippen LogP contribution in [0.5, 0.6) is 0 Å². The smallest absolute Gasteiger partial charge is 0.255 e. The molecule has 18 heavy (non-hydrogen) atoms. The maximum atomic E-state index is 12.5. The summed E-state index contributed by atoms with van der Waals surface area (Å²) >= 11 is 3.45.